The lowest BCUT2D eigenvalue weighted by atomic mass is 10.4. The van der Waals surface area contributed by atoms with Crippen LogP contribution in [0.5, 0.6) is 0 Å². The second-order valence-corrected chi connectivity index (χ2v) is 3.81. The molecule has 0 fully saturated rings. The third-order valence-electron chi connectivity index (χ3n) is 0.827. The Morgan fingerprint density at radius 1 is 1.75 bits per heavy atom. The van der Waals surface area contributed by atoms with Crippen molar-refractivity contribution in [3.63, 3.8) is 0 Å². The third-order valence-corrected chi connectivity index (χ3v) is 2.01. The fraction of sp³-hybridized carbons (Fsp3) is 0.200. The molecule has 0 atom stereocenters. The van der Waals surface area contributed by atoms with Crippen LogP contribution in [-0.4, -0.2) is 10.5 Å². The van der Waals surface area contributed by atoms with Crippen molar-refractivity contribution in [3.8, 4) is 0 Å². The number of halogens is 2. The van der Waals surface area contributed by atoms with Gasteiger partial charge in [0.2, 0.25) is 0 Å². The van der Waals surface area contributed by atoms with Crippen molar-refractivity contribution >= 4 is 38.7 Å². The summed E-state index contributed by atoms with van der Waals surface area (Å²) in [4.78, 5) is 0. The van der Waals surface area contributed by atoms with Crippen LogP contribution >= 0.6 is 38.7 Å². The first-order valence-corrected chi connectivity index (χ1v) is 4.03. The Labute approximate surface area is 70.9 Å². The van der Waals surface area contributed by atoms with Gasteiger partial charge in [0.25, 0.3) is 0 Å². The van der Waals surface area contributed by atoms with Gasteiger partial charge in [-0.15, -0.1) is 0 Å². The molecule has 1 rings (SSSR count). The maximum Gasteiger partial charge on any atom is 0.0597 e. The first-order chi connectivity index (χ1) is 3.79. The SMILES string of the molecule is BrN1C=CC=C(I)C1. The van der Waals surface area contributed by atoms with Crippen molar-refractivity contribution in [1.82, 2.24) is 3.93 Å². The third kappa shape index (κ3) is 1.78. The largest absolute Gasteiger partial charge is 0.311 e. The minimum absolute atomic E-state index is 0.983. The van der Waals surface area contributed by atoms with Gasteiger partial charge in [0.05, 0.1) is 6.54 Å². The molecule has 44 valence electrons. The Morgan fingerprint density at radius 3 is 2.88 bits per heavy atom. The number of hydrogen-bond acceptors (Lipinski definition) is 1. The molecule has 0 spiro atoms. The maximum atomic E-state index is 3.33. The van der Waals surface area contributed by atoms with Crippen LogP contribution in [-0.2, 0) is 0 Å². The molecule has 0 saturated heterocycles. The monoisotopic (exact) mass is 285 g/mol. The molecule has 1 aliphatic heterocycles. The molecule has 0 aromatic carbocycles. The van der Waals surface area contributed by atoms with Gasteiger partial charge in [0.15, 0.2) is 0 Å². The molecule has 8 heavy (non-hydrogen) atoms. The molecule has 1 heterocycles. The number of allylic oxidation sites excluding steroid dienone is 2. The van der Waals surface area contributed by atoms with E-state index < -0.39 is 0 Å². The molecule has 0 N–H and O–H groups in total. The normalized spacial score (nSPS) is 18.8. The molecule has 0 bridgehead atoms. The van der Waals surface area contributed by atoms with Gasteiger partial charge < -0.3 is 3.93 Å². The summed E-state index contributed by atoms with van der Waals surface area (Å²) in [5.74, 6) is 0. The smallest absolute Gasteiger partial charge is 0.0597 e. The van der Waals surface area contributed by atoms with E-state index in [4.69, 9.17) is 0 Å². The minimum Gasteiger partial charge on any atom is -0.311 e. The van der Waals surface area contributed by atoms with Crippen LogP contribution < -0.4 is 0 Å². The standard InChI is InChI=1S/C5H5BrIN/c6-8-3-1-2-5(7)4-8/h1-3H,4H2. The van der Waals surface area contributed by atoms with Crippen LogP contribution in [0, 0.1) is 0 Å². The van der Waals surface area contributed by atoms with Crippen LogP contribution in [0.3, 0.4) is 0 Å². The molecule has 0 aliphatic carbocycles. The van der Waals surface area contributed by atoms with E-state index in [1.807, 2.05) is 16.2 Å². The molecule has 0 amide bonds. The van der Waals surface area contributed by atoms with E-state index in [1.54, 1.807) is 0 Å². The van der Waals surface area contributed by atoms with Crippen molar-refractivity contribution < 1.29 is 0 Å². The van der Waals surface area contributed by atoms with Gasteiger partial charge in [0, 0.05) is 25.9 Å². The van der Waals surface area contributed by atoms with Gasteiger partial charge in [-0.3, -0.25) is 0 Å². The Balaban J connectivity index is 2.59. The second kappa shape index (κ2) is 2.87. The van der Waals surface area contributed by atoms with Crippen LogP contribution in [0.25, 0.3) is 0 Å². The Kier molecular flexibility index (Phi) is 2.37. The summed E-state index contributed by atoms with van der Waals surface area (Å²) < 4.78 is 3.32. The molecule has 3 heteroatoms. The van der Waals surface area contributed by atoms with Gasteiger partial charge in [0.1, 0.15) is 0 Å². The average molecular weight is 286 g/mol. The zero-order chi connectivity index (χ0) is 5.98. The lowest BCUT2D eigenvalue weighted by molar-refractivity contribution is 0.711. The van der Waals surface area contributed by atoms with Gasteiger partial charge in [-0.05, 0) is 34.7 Å². The molecule has 0 radical (unpaired) electrons. The van der Waals surface area contributed by atoms with E-state index in [-0.39, 0.29) is 0 Å². The van der Waals surface area contributed by atoms with Crippen molar-refractivity contribution in [2.45, 2.75) is 0 Å². The molecule has 1 aliphatic rings. The zero-order valence-corrected chi connectivity index (χ0v) is 7.89. The van der Waals surface area contributed by atoms with Crippen molar-refractivity contribution in [2.75, 3.05) is 6.54 Å². The van der Waals surface area contributed by atoms with Crippen molar-refractivity contribution in [3.05, 3.63) is 21.9 Å². The van der Waals surface area contributed by atoms with E-state index in [2.05, 4.69) is 44.8 Å². The van der Waals surface area contributed by atoms with Crippen LogP contribution in [0.15, 0.2) is 21.9 Å². The molecule has 0 unspecified atom stereocenters. The molecular formula is C5H5BrIN. The Bertz CT molecular complexity index is 141. The lowest BCUT2D eigenvalue weighted by Gasteiger charge is -2.12. The Morgan fingerprint density at radius 2 is 2.50 bits per heavy atom. The van der Waals surface area contributed by atoms with Gasteiger partial charge in [-0.2, -0.15) is 0 Å². The zero-order valence-electron chi connectivity index (χ0n) is 4.14. The number of nitrogens with zero attached hydrogens (tertiary/aromatic N) is 1. The van der Waals surface area contributed by atoms with Crippen LogP contribution in [0.4, 0.5) is 0 Å². The quantitative estimate of drug-likeness (QED) is 0.488. The molecule has 0 saturated carbocycles. The molecule has 0 aromatic heterocycles. The van der Waals surface area contributed by atoms with Crippen LogP contribution in [0.1, 0.15) is 0 Å². The van der Waals surface area contributed by atoms with Gasteiger partial charge >= 0.3 is 0 Å². The second-order valence-electron chi connectivity index (χ2n) is 1.51. The van der Waals surface area contributed by atoms with E-state index >= 15 is 0 Å². The maximum absolute atomic E-state index is 3.33. The summed E-state index contributed by atoms with van der Waals surface area (Å²) in [7, 11) is 0. The van der Waals surface area contributed by atoms with E-state index in [0.717, 1.165) is 6.54 Å². The highest BCUT2D eigenvalue weighted by Crippen LogP contribution is 2.15. The predicted octanol–water partition coefficient (Wildman–Crippen LogP) is 2.44. The number of hydrogen-bond donors (Lipinski definition) is 0. The van der Waals surface area contributed by atoms with Crippen molar-refractivity contribution in [1.29, 1.82) is 0 Å². The van der Waals surface area contributed by atoms with Gasteiger partial charge in [-0.25, -0.2) is 0 Å². The highest BCUT2D eigenvalue weighted by molar-refractivity contribution is 14.1. The van der Waals surface area contributed by atoms with E-state index in [1.165, 1.54) is 3.58 Å². The highest BCUT2D eigenvalue weighted by atomic mass is 127. The summed E-state index contributed by atoms with van der Waals surface area (Å²) in [5.41, 5.74) is 0. The van der Waals surface area contributed by atoms with E-state index in [9.17, 15) is 0 Å². The summed E-state index contributed by atoms with van der Waals surface area (Å²) in [6.45, 7) is 0.983. The lowest BCUT2D eigenvalue weighted by Crippen LogP contribution is -2.06. The van der Waals surface area contributed by atoms with Gasteiger partial charge in [-0.1, -0.05) is 0 Å². The molecular weight excluding hydrogens is 281 g/mol. The minimum atomic E-state index is 0.983. The van der Waals surface area contributed by atoms with Crippen LogP contribution in [0.2, 0.25) is 0 Å². The molecule has 1 nitrogen and oxygen atoms in total. The topological polar surface area (TPSA) is 3.24 Å². The molecule has 0 aromatic rings. The summed E-state index contributed by atoms with van der Waals surface area (Å²) in [6.07, 6.45) is 6.10. The predicted molar refractivity (Wildman–Crippen MR) is 46.9 cm³/mol. The average Bonchev–Trinajstić information content (AvgIpc) is 1.64. The summed E-state index contributed by atoms with van der Waals surface area (Å²) >= 11 is 5.64. The fourth-order valence-electron chi connectivity index (χ4n) is 0.491. The highest BCUT2D eigenvalue weighted by Gasteiger charge is 1.98. The number of rotatable bonds is 0. The van der Waals surface area contributed by atoms with E-state index in [0.29, 0.717) is 0 Å². The summed E-state index contributed by atoms with van der Waals surface area (Å²) in [6, 6.07) is 0. The fourth-order valence-corrected chi connectivity index (χ4v) is 1.94. The van der Waals surface area contributed by atoms with Crippen molar-refractivity contribution in [2.24, 2.45) is 0 Å². The first kappa shape index (κ1) is 6.61. The summed E-state index contributed by atoms with van der Waals surface area (Å²) in [5, 5.41) is 0. The Hall–Kier alpha value is 0.490. The first-order valence-electron chi connectivity index (χ1n) is 2.24.